The fourth-order valence-corrected chi connectivity index (χ4v) is 6.23. The Hall–Kier alpha value is -1.55. The summed E-state index contributed by atoms with van der Waals surface area (Å²) in [5, 5.41) is 3.27. The molecule has 1 N–H and O–H groups in total. The first-order valence-electron chi connectivity index (χ1n) is 10.1. The number of hydrogen-bond acceptors (Lipinski definition) is 3. The molecule has 0 heterocycles. The summed E-state index contributed by atoms with van der Waals surface area (Å²) in [7, 11) is 3.69. The zero-order chi connectivity index (χ0) is 18.1. The molecule has 4 saturated carbocycles. The summed E-state index contributed by atoms with van der Waals surface area (Å²) in [5.74, 6) is 3.84. The highest BCUT2D eigenvalue weighted by Gasteiger charge is 2.50. The van der Waals surface area contributed by atoms with Crippen LogP contribution in [-0.2, 0) is 11.3 Å². The Balaban J connectivity index is 1.26. The Morgan fingerprint density at radius 3 is 2.46 bits per heavy atom. The Bertz CT molecular complexity index is 622. The lowest BCUT2D eigenvalue weighted by atomic mass is 9.49. The summed E-state index contributed by atoms with van der Waals surface area (Å²) in [6.45, 7) is 2.09. The molecule has 1 aromatic rings. The molecular formula is C22H32N2O2. The Kier molecular flexibility index (Phi) is 4.96. The molecule has 0 radical (unpaired) electrons. The summed E-state index contributed by atoms with van der Waals surface area (Å²) >= 11 is 0. The van der Waals surface area contributed by atoms with Gasteiger partial charge in [-0.15, -0.1) is 0 Å². The Morgan fingerprint density at radius 2 is 1.85 bits per heavy atom. The van der Waals surface area contributed by atoms with Crippen LogP contribution in [0.1, 0.15) is 44.1 Å². The van der Waals surface area contributed by atoms with Crippen LogP contribution in [0.15, 0.2) is 24.3 Å². The van der Waals surface area contributed by atoms with Crippen LogP contribution < -0.4 is 10.1 Å². The molecule has 4 bridgehead atoms. The highest BCUT2D eigenvalue weighted by Crippen LogP contribution is 2.59. The lowest BCUT2D eigenvalue weighted by Gasteiger charge is -2.56. The molecular weight excluding hydrogens is 324 g/mol. The third-order valence-electron chi connectivity index (χ3n) is 6.83. The van der Waals surface area contributed by atoms with E-state index in [0.717, 1.165) is 36.6 Å². The van der Waals surface area contributed by atoms with Crippen molar-refractivity contribution in [3.05, 3.63) is 29.8 Å². The highest BCUT2D eigenvalue weighted by atomic mass is 16.5. The van der Waals surface area contributed by atoms with Crippen molar-refractivity contribution in [3.63, 3.8) is 0 Å². The van der Waals surface area contributed by atoms with Crippen molar-refractivity contribution in [2.24, 2.45) is 23.2 Å². The average Bonchev–Trinajstić information content (AvgIpc) is 2.59. The minimum absolute atomic E-state index is 0.158. The van der Waals surface area contributed by atoms with Crippen LogP contribution in [0, 0.1) is 23.2 Å². The van der Waals surface area contributed by atoms with Gasteiger partial charge in [0.1, 0.15) is 5.75 Å². The number of benzene rings is 1. The van der Waals surface area contributed by atoms with Gasteiger partial charge in [0.15, 0.2) is 0 Å². The van der Waals surface area contributed by atoms with Crippen LogP contribution >= 0.6 is 0 Å². The van der Waals surface area contributed by atoms with Crippen molar-refractivity contribution in [1.29, 1.82) is 0 Å². The van der Waals surface area contributed by atoms with Gasteiger partial charge >= 0.3 is 0 Å². The second kappa shape index (κ2) is 7.22. The number of carbonyl (C=O) groups excluding carboxylic acids is 1. The average molecular weight is 357 g/mol. The minimum atomic E-state index is 0.158. The maximum Gasteiger partial charge on any atom is 0.234 e. The van der Waals surface area contributed by atoms with E-state index in [-0.39, 0.29) is 5.91 Å². The Labute approximate surface area is 157 Å². The zero-order valence-corrected chi connectivity index (χ0v) is 16.2. The first-order chi connectivity index (χ1) is 12.5. The molecule has 1 aromatic carbocycles. The Morgan fingerprint density at radius 1 is 1.19 bits per heavy atom. The number of amides is 1. The third-order valence-corrected chi connectivity index (χ3v) is 6.83. The van der Waals surface area contributed by atoms with Gasteiger partial charge in [0.25, 0.3) is 0 Å². The topological polar surface area (TPSA) is 41.6 Å². The number of likely N-dealkylation sites (N-methyl/N-ethyl adjacent to an activating group) is 1. The fourth-order valence-electron chi connectivity index (χ4n) is 6.23. The zero-order valence-electron chi connectivity index (χ0n) is 16.2. The summed E-state index contributed by atoms with van der Waals surface area (Å²) in [6, 6.07) is 8.05. The van der Waals surface area contributed by atoms with Crippen molar-refractivity contribution in [1.82, 2.24) is 10.2 Å². The quantitative estimate of drug-likeness (QED) is 0.813. The lowest BCUT2D eigenvalue weighted by Crippen LogP contribution is -2.51. The van der Waals surface area contributed by atoms with E-state index in [4.69, 9.17) is 4.74 Å². The molecule has 4 nitrogen and oxygen atoms in total. The normalized spacial score (nSPS) is 32.0. The van der Waals surface area contributed by atoms with Gasteiger partial charge in [-0.1, -0.05) is 12.1 Å². The summed E-state index contributed by atoms with van der Waals surface area (Å²) in [6.07, 6.45) is 8.40. The molecule has 0 saturated heterocycles. The SMILES string of the molecule is COc1cccc(CN(C)CC(=O)NCC23CC4CC(CC(C4)C2)C3)c1. The van der Waals surface area contributed by atoms with Gasteiger partial charge in [-0.25, -0.2) is 0 Å². The number of nitrogens with zero attached hydrogens (tertiary/aromatic N) is 1. The second-order valence-electron chi connectivity index (χ2n) is 9.22. The van der Waals surface area contributed by atoms with E-state index in [0.29, 0.717) is 12.0 Å². The van der Waals surface area contributed by atoms with Crippen LogP contribution in [-0.4, -0.2) is 38.1 Å². The number of carbonyl (C=O) groups is 1. The minimum Gasteiger partial charge on any atom is -0.497 e. The van der Waals surface area contributed by atoms with Gasteiger partial charge in [0.2, 0.25) is 5.91 Å². The van der Waals surface area contributed by atoms with Gasteiger partial charge in [-0.3, -0.25) is 9.69 Å². The molecule has 142 valence electrons. The second-order valence-corrected chi connectivity index (χ2v) is 9.22. The lowest BCUT2D eigenvalue weighted by molar-refractivity contribution is -0.124. The molecule has 4 aliphatic carbocycles. The van der Waals surface area contributed by atoms with Crippen LogP contribution in [0.4, 0.5) is 0 Å². The standard InChI is InChI=1S/C22H32N2O2/c1-24(13-16-4-3-5-20(9-16)26-2)14-21(25)23-15-22-10-17-6-18(11-22)8-19(7-17)12-22/h3-5,9,17-19H,6-8,10-15H2,1-2H3,(H,23,25). The van der Waals surface area contributed by atoms with E-state index < -0.39 is 0 Å². The molecule has 1 amide bonds. The van der Waals surface area contributed by atoms with E-state index in [1.165, 1.54) is 44.1 Å². The molecule has 4 fully saturated rings. The van der Waals surface area contributed by atoms with Crippen molar-refractivity contribution in [2.45, 2.75) is 45.1 Å². The maximum absolute atomic E-state index is 12.5. The summed E-state index contributed by atoms with van der Waals surface area (Å²) in [5.41, 5.74) is 1.58. The van der Waals surface area contributed by atoms with Crippen molar-refractivity contribution in [3.8, 4) is 5.75 Å². The van der Waals surface area contributed by atoms with Crippen molar-refractivity contribution < 1.29 is 9.53 Å². The van der Waals surface area contributed by atoms with Gasteiger partial charge in [0.05, 0.1) is 13.7 Å². The van der Waals surface area contributed by atoms with Gasteiger partial charge in [0, 0.05) is 13.1 Å². The molecule has 4 heteroatoms. The van der Waals surface area contributed by atoms with Crippen LogP contribution in [0.25, 0.3) is 0 Å². The first kappa shape index (κ1) is 17.8. The number of methoxy groups -OCH3 is 1. The third kappa shape index (κ3) is 3.90. The predicted octanol–water partition coefficient (Wildman–Crippen LogP) is 3.46. The monoisotopic (exact) mass is 356 g/mol. The molecule has 0 spiro atoms. The number of nitrogens with one attached hydrogen (secondary N) is 1. The van der Waals surface area contributed by atoms with Crippen LogP contribution in [0.5, 0.6) is 5.75 Å². The smallest absolute Gasteiger partial charge is 0.234 e. The molecule has 0 aliphatic heterocycles. The molecule has 0 unspecified atom stereocenters. The summed E-state index contributed by atoms with van der Waals surface area (Å²) < 4.78 is 5.28. The van der Waals surface area contributed by atoms with E-state index in [9.17, 15) is 4.79 Å². The molecule has 0 aromatic heterocycles. The van der Waals surface area contributed by atoms with Crippen LogP contribution in [0.3, 0.4) is 0 Å². The largest absolute Gasteiger partial charge is 0.497 e. The number of hydrogen-bond donors (Lipinski definition) is 1. The van der Waals surface area contributed by atoms with E-state index in [1.54, 1.807) is 7.11 Å². The molecule has 26 heavy (non-hydrogen) atoms. The summed E-state index contributed by atoms with van der Waals surface area (Å²) in [4.78, 5) is 14.6. The predicted molar refractivity (Wildman–Crippen MR) is 103 cm³/mol. The fraction of sp³-hybridized carbons (Fsp3) is 0.682. The van der Waals surface area contributed by atoms with E-state index in [2.05, 4.69) is 16.3 Å². The van der Waals surface area contributed by atoms with Crippen molar-refractivity contribution >= 4 is 5.91 Å². The number of ether oxygens (including phenoxy) is 1. The van der Waals surface area contributed by atoms with Crippen LogP contribution in [0.2, 0.25) is 0 Å². The maximum atomic E-state index is 12.5. The number of rotatable bonds is 7. The molecule has 5 rings (SSSR count). The van der Waals surface area contributed by atoms with Gasteiger partial charge in [-0.2, -0.15) is 0 Å². The highest BCUT2D eigenvalue weighted by molar-refractivity contribution is 5.78. The molecule has 0 atom stereocenters. The van der Waals surface area contributed by atoms with Gasteiger partial charge in [-0.05, 0) is 86.4 Å². The van der Waals surface area contributed by atoms with E-state index >= 15 is 0 Å². The van der Waals surface area contributed by atoms with E-state index in [1.807, 2.05) is 25.2 Å². The molecule has 4 aliphatic rings. The van der Waals surface area contributed by atoms with Crippen molar-refractivity contribution in [2.75, 3.05) is 27.2 Å². The van der Waals surface area contributed by atoms with Gasteiger partial charge < -0.3 is 10.1 Å². The first-order valence-corrected chi connectivity index (χ1v) is 10.1.